The predicted molar refractivity (Wildman–Crippen MR) is 122 cm³/mol. The van der Waals surface area contributed by atoms with Gasteiger partial charge in [0.2, 0.25) is 10.0 Å². The van der Waals surface area contributed by atoms with Crippen LogP contribution in [0.15, 0.2) is 78.9 Å². The van der Waals surface area contributed by atoms with E-state index in [-0.39, 0.29) is 30.9 Å². The summed E-state index contributed by atoms with van der Waals surface area (Å²) < 4.78 is 44.5. The highest BCUT2D eigenvalue weighted by Crippen LogP contribution is 2.24. The fourth-order valence-electron chi connectivity index (χ4n) is 3.12. The van der Waals surface area contributed by atoms with Gasteiger partial charge in [0.05, 0.1) is 24.5 Å². The van der Waals surface area contributed by atoms with Crippen molar-refractivity contribution in [2.45, 2.75) is 19.5 Å². The lowest BCUT2D eigenvalue weighted by atomic mass is 10.1. The van der Waals surface area contributed by atoms with Crippen LogP contribution in [0.5, 0.6) is 5.75 Å². The van der Waals surface area contributed by atoms with Crippen LogP contribution in [0, 0.1) is 5.82 Å². The van der Waals surface area contributed by atoms with E-state index in [1.165, 1.54) is 16.4 Å². The van der Waals surface area contributed by atoms with Gasteiger partial charge in [-0.1, -0.05) is 42.5 Å². The number of hydrogen-bond donors (Lipinski definition) is 1. The highest BCUT2D eigenvalue weighted by Gasteiger charge is 2.18. The van der Waals surface area contributed by atoms with E-state index >= 15 is 0 Å². The van der Waals surface area contributed by atoms with E-state index in [4.69, 9.17) is 4.74 Å². The predicted octanol–water partition coefficient (Wildman–Crippen LogP) is 4.05. The summed E-state index contributed by atoms with van der Waals surface area (Å²) in [5.74, 6) is -0.214. The maximum atomic E-state index is 13.1. The number of sulfonamides is 1. The second-order valence-electron chi connectivity index (χ2n) is 7.38. The van der Waals surface area contributed by atoms with Crippen LogP contribution in [-0.2, 0) is 21.4 Å². The van der Waals surface area contributed by atoms with Crippen molar-refractivity contribution in [2.24, 2.45) is 0 Å². The lowest BCUT2D eigenvalue weighted by Crippen LogP contribution is -2.31. The van der Waals surface area contributed by atoms with Gasteiger partial charge in [0.1, 0.15) is 11.6 Å². The Kier molecular flexibility index (Phi) is 7.48. The van der Waals surface area contributed by atoms with Crippen LogP contribution in [0.25, 0.3) is 0 Å². The number of hydrogen-bond acceptors (Lipinski definition) is 4. The molecule has 0 aromatic heterocycles. The topological polar surface area (TPSA) is 75.7 Å². The first kappa shape index (κ1) is 23.3. The number of carbonyl (C=O) groups is 1. The van der Waals surface area contributed by atoms with E-state index in [2.05, 4.69) is 5.32 Å². The zero-order valence-electron chi connectivity index (χ0n) is 17.9. The molecule has 0 heterocycles. The highest BCUT2D eigenvalue weighted by atomic mass is 32.2. The number of carbonyl (C=O) groups excluding carboxylic acids is 1. The second kappa shape index (κ2) is 10.3. The summed E-state index contributed by atoms with van der Waals surface area (Å²) in [6.07, 6.45) is 1.11. The molecule has 1 N–H and O–H groups in total. The van der Waals surface area contributed by atoms with Crippen molar-refractivity contribution in [3.05, 3.63) is 95.8 Å². The Morgan fingerprint density at radius 1 is 1.00 bits per heavy atom. The Balaban J connectivity index is 1.61. The van der Waals surface area contributed by atoms with Crippen LogP contribution in [-0.4, -0.2) is 27.2 Å². The molecule has 0 saturated carbocycles. The molecule has 0 aliphatic carbocycles. The maximum absolute atomic E-state index is 13.1. The summed E-state index contributed by atoms with van der Waals surface area (Å²) in [6, 6.07) is 21.5. The van der Waals surface area contributed by atoms with Gasteiger partial charge in [-0.15, -0.1) is 0 Å². The van der Waals surface area contributed by atoms with Crippen LogP contribution in [0.1, 0.15) is 24.1 Å². The molecule has 0 aliphatic heterocycles. The van der Waals surface area contributed by atoms with Crippen LogP contribution in [0.2, 0.25) is 0 Å². The first-order chi connectivity index (χ1) is 15.2. The summed E-state index contributed by atoms with van der Waals surface area (Å²) in [4.78, 5) is 12.2. The minimum Gasteiger partial charge on any atom is -0.484 e. The SMILES string of the molecule is C[C@H](NC(=O)COc1ccc(N(Cc2ccc(F)cc2)S(C)(=O)=O)cc1)c1ccccc1. The van der Waals surface area contributed by atoms with Crippen molar-refractivity contribution in [2.75, 3.05) is 17.2 Å². The Hall–Kier alpha value is -3.39. The molecule has 3 aromatic rings. The van der Waals surface area contributed by atoms with Gasteiger partial charge in [0.15, 0.2) is 6.61 Å². The molecule has 0 bridgehead atoms. The highest BCUT2D eigenvalue weighted by molar-refractivity contribution is 7.92. The van der Waals surface area contributed by atoms with Crippen molar-refractivity contribution >= 4 is 21.6 Å². The molecule has 6 nitrogen and oxygen atoms in total. The molecule has 3 aromatic carbocycles. The number of halogens is 1. The number of ether oxygens (including phenoxy) is 1. The van der Waals surface area contributed by atoms with Gasteiger partial charge in [-0.05, 0) is 54.4 Å². The summed E-state index contributed by atoms with van der Waals surface area (Å²) in [5.41, 5.74) is 2.08. The van der Waals surface area contributed by atoms with Crippen LogP contribution in [0.4, 0.5) is 10.1 Å². The summed E-state index contributed by atoms with van der Waals surface area (Å²) in [5, 5.41) is 2.87. The van der Waals surface area contributed by atoms with Crippen LogP contribution >= 0.6 is 0 Å². The molecule has 0 aliphatic rings. The summed E-state index contributed by atoms with van der Waals surface area (Å²) in [7, 11) is -3.57. The van der Waals surface area contributed by atoms with Crippen LogP contribution < -0.4 is 14.4 Å². The van der Waals surface area contributed by atoms with E-state index in [0.29, 0.717) is 17.0 Å². The average Bonchev–Trinajstić information content (AvgIpc) is 2.77. The van der Waals surface area contributed by atoms with E-state index in [1.807, 2.05) is 37.3 Å². The Labute approximate surface area is 187 Å². The molecule has 1 atom stereocenters. The Morgan fingerprint density at radius 3 is 2.22 bits per heavy atom. The van der Waals surface area contributed by atoms with Gasteiger partial charge < -0.3 is 10.1 Å². The van der Waals surface area contributed by atoms with Crippen LogP contribution in [0.3, 0.4) is 0 Å². The molecule has 0 radical (unpaired) electrons. The average molecular weight is 457 g/mol. The molecule has 32 heavy (non-hydrogen) atoms. The monoisotopic (exact) mass is 456 g/mol. The molecule has 0 fully saturated rings. The van der Waals surface area contributed by atoms with E-state index in [9.17, 15) is 17.6 Å². The van der Waals surface area contributed by atoms with E-state index in [0.717, 1.165) is 11.8 Å². The number of rotatable bonds is 9. The van der Waals surface area contributed by atoms with Crippen molar-refractivity contribution in [1.29, 1.82) is 0 Å². The second-order valence-corrected chi connectivity index (χ2v) is 9.29. The third kappa shape index (κ3) is 6.55. The fraction of sp³-hybridized carbons (Fsp3) is 0.208. The third-order valence-corrected chi connectivity index (χ3v) is 5.95. The largest absolute Gasteiger partial charge is 0.484 e. The molecule has 1 amide bonds. The summed E-state index contributed by atoms with van der Waals surface area (Å²) in [6.45, 7) is 1.80. The normalized spacial score (nSPS) is 12.1. The van der Waals surface area contributed by atoms with Gasteiger partial charge in [-0.3, -0.25) is 9.10 Å². The van der Waals surface area contributed by atoms with Crippen molar-refractivity contribution in [1.82, 2.24) is 5.32 Å². The number of benzene rings is 3. The molecule has 0 saturated heterocycles. The van der Waals surface area contributed by atoms with Crippen molar-refractivity contribution in [3.63, 3.8) is 0 Å². The number of amides is 1. The first-order valence-electron chi connectivity index (χ1n) is 10.0. The Bertz CT molecular complexity index is 1130. The van der Waals surface area contributed by atoms with Gasteiger partial charge in [-0.2, -0.15) is 0 Å². The molecular weight excluding hydrogens is 431 g/mol. The molecular formula is C24H25FN2O4S. The quantitative estimate of drug-likeness (QED) is 0.527. The maximum Gasteiger partial charge on any atom is 0.258 e. The molecule has 0 unspecified atom stereocenters. The first-order valence-corrected chi connectivity index (χ1v) is 11.9. The number of nitrogens with one attached hydrogen (secondary N) is 1. The van der Waals surface area contributed by atoms with Gasteiger partial charge >= 0.3 is 0 Å². The minimum atomic E-state index is -3.57. The third-order valence-electron chi connectivity index (χ3n) is 4.81. The summed E-state index contributed by atoms with van der Waals surface area (Å²) >= 11 is 0. The minimum absolute atomic E-state index is 0.0685. The molecule has 3 rings (SSSR count). The van der Waals surface area contributed by atoms with Crippen molar-refractivity contribution in [3.8, 4) is 5.75 Å². The van der Waals surface area contributed by atoms with Crippen molar-refractivity contribution < 1.29 is 22.3 Å². The molecule has 0 spiro atoms. The smallest absolute Gasteiger partial charge is 0.258 e. The zero-order chi connectivity index (χ0) is 23.1. The number of nitrogens with zero attached hydrogens (tertiary/aromatic N) is 1. The van der Waals surface area contributed by atoms with Gasteiger partial charge in [-0.25, -0.2) is 12.8 Å². The number of anilines is 1. The lowest BCUT2D eigenvalue weighted by molar-refractivity contribution is -0.123. The molecule has 8 heteroatoms. The Morgan fingerprint density at radius 2 is 1.62 bits per heavy atom. The van der Waals surface area contributed by atoms with Gasteiger partial charge in [0.25, 0.3) is 5.91 Å². The van der Waals surface area contributed by atoms with E-state index < -0.39 is 10.0 Å². The fourth-order valence-corrected chi connectivity index (χ4v) is 4.01. The zero-order valence-corrected chi connectivity index (χ0v) is 18.7. The molecule has 168 valence electrons. The lowest BCUT2D eigenvalue weighted by Gasteiger charge is -2.23. The standard InChI is InChI=1S/C24H25FN2O4S/c1-18(20-6-4-3-5-7-20)26-24(28)17-31-23-14-12-22(13-15-23)27(32(2,29)30)16-19-8-10-21(25)11-9-19/h3-15,18H,16-17H2,1-2H3,(H,26,28)/t18-/m0/s1. The van der Waals surface area contributed by atoms with E-state index in [1.54, 1.807) is 36.4 Å². The van der Waals surface area contributed by atoms with Gasteiger partial charge in [0, 0.05) is 0 Å².